The first kappa shape index (κ1) is 10.8. The minimum atomic E-state index is -0.0764. The van der Waals surface area contributed by atoms with Crippen molar-refractivity contribution in [2.45, 2.75) is 45.1 Å². The summed E-state index contributed by atoms with van der Waals surface area (Å²) < 4.78 is 0. The van der Waals surface area contributed by atoms with E-state index in [2.05, 4.69) is 5.92 Å². The van der Waals surface area contributed by atoms with Crippen molar-refractivity contribution in [3.05, 3.63) is 0 Å². The van der Waals surface area contributed by atoms with Gasteiger partial charge in [-0.3, -0.25) is 14.5 Å². The van der Waals surface area contributed by atoms with Crippen molar-refractivity contribution in [2.24, 2.45) is 0 Å². The lowest BCUT2D eigenvalue weighted by Crippen LogP contribution is -2.39. The Morgan fingerprint density at radius 1 is 1.43 bits per heavy atom. The number of carbonyl (C=O) groups is 2. The molecule has 0 saturated carbocycles. The van der Waals surface area contributed by atoms with Gasteiger partial charge in [-0.1, -0.05) is 13.3 Å². The molecule has 0 aromatic carbocycles. The van der Waals surface area contributed by atoms with Crippen LogP contribution in [0.4, 0.5) is 0 Å². The van der Waals surface area contributed by atoms with Gasteiger partial charge in [0, 0.05) is 19.3 Å². The van der Waals surface area contributed by atoms with Crippen molar-refractivity contribution < 1.29 is 9.59 Å². The van der Waals surface area contributed by atoms with Crippen LogP contribution in [0.2, 0.25) is 0 Å². The van der Waals surface area contributed by atoms with Gasteiger partial charge in [0.2, 0.25) is 11.8 Å². The summed E-state index contributed by atoms with van der Waals surface area (Å²) in [7, 11) is 0. The van der Waals surface area contributed by atoms with E-state index in [0.29, 0.717) is 19.3 Å². The van der Waals surface area contributed by atoms with Gasteiger partial charge in [-0.15, -0.1) is 12.3 Å². The van der Waals surface area contributed by atoms with E-state index in [4.69, 9.17) is 6.42 Å². The Morgan fingerprint density at radius 3 is 2.43 bits per heavy atom. The zero-order valence-electron chi connectivity index (χ0n) is 8.45. The van der Waals surface area contributed by atoms with Crippen LogP contribution in [0.3, 0.4) is 0 Å². The van der Waals surface area contributed by atoms with Crippen molar-refractivity contribution >= 4 is 11.8 Å². The molecule has 1 heterocycles. The molecule has 1 atom stereocenters. The van der Waals surface area contributed by atoms with E-state index in [1.54, 1.807) is 0 Å². The lowest BCUT2D eigenvalue weighted by atomic mass is 10.1. The summed E-state index contributed by atoms with van der Waals surface area (Å²) in [5.41, 5.74) is 0. The first-order valence-corrected chi connectivity index (χ1v) is 4.99. The minimum absolute atomic E-state index is 0.0660. The Kier molecular flexibility index (Phi) is 3.70. The second-order valence-electron chi connectivity index (χ2n) is 3.51. The molecular weight excluding hydrogens is 178 g/mol. The van der Waals surface area contributed by atoms with Gasteiger partial charge < -0.3 is 0 Å². The average molecular weight is 193 g/mol. The van der Waals surface area contributed by atoms with Gasteiger partial charge in [0.15, 0.2) is 0 Å². The van der Waals surface area contributed by atoms with E-state index in [1.807, 2.05) is 6.92 Å². The number of rotatable bonds is 4. The molecule has 0 aliphatic carbocycles. The Hall–Kier alpha value is -1.30. The number of carbonyl (C=O) groups excluding carboxylic acids is 2. The second kappa shape index (κ2) is 4.80. The molecule has 0 unspecified atom stereocenters. The smallest absolute Gasteiger partial charge is 0.229 e. The molecule has 76 valence electrons. The zero-order valence-corrected chi connectivity index (χ0v) is 8.45. The number of terminal acetylenes is 1. The van der Waals surface area contributed by atoms with Crippen LogP contribution in [-0.2, 0) is 9.59 Å². The van der Waals surface area contributed by atoms with Crippen molar-refractivity contribution in [3.8, 4) is 12.3 Å². The first-order valence-electron chi connectivity index (χ1n) is 4.99. The molecule has 1 fully saturated rings. The molecule has 1 aliphatic rings. The Morgan fingerprint density at radius 2 is 2.00 bits per heavy atom. The van der Waals surface area contributed by atoms with Crippen molar-refractivity contribution in [1.29, 1.82) is 0 Å². The van der Waals surface area contributed by atoms with E-state index in [9.17, 15) is 9.59 Å². The van der Waals surface area contributed by atoms with Gasteiger partial charge in [0.1, 0.15) is 0 Å². The van der Waals surface area contributed by atoms with E-state index in [0.717, 1.165) is 12.8 Å². The molecular formula is C11H15NO2. The maximum Gasteiger partial charge on any atom is 0.229 e. The Balaban J connectivity index is 2.71. The number of hydrogen-bond acceptors (Lipinski definition) is 2. The summed E-state index contributed by atoms with van der Waals surface area (Å²) in [6.07, 6.45) is 8.14. The lowest BCUT2D eigenvalue weighted by Gasteiger charge is -2.23. The average Bonchev–Trinajstić information content (AvgIpc) is 2.46. The summed E-state index contributed by atoms with van der Waals surface area (Å²) in [6.45, 7) is 2.02. The van der Waals surface area contributed by atoms with Crippen molar-refractivity contribution in [3.63, 3.8) is 0 Å². The molecule has 0 radical (unpaired) electrons. The maximum absolute atomic E-state index is 11.4. The third kappa shape index (κ3) is 2.14. The molecule has 3 heteroatoms. The largest absolute Gasteiger partial charge is 0.279 e. The standard InChI is InChI=1S/C11H15NO2/c1-3-5-9(6-4-2)12-10(13)7-8-11(12)14/h1,9H,4-8H2,2H3/t9-/m0/s1. The summed E-state index contributed by atoms with van der Waals surface area (Å²) in [5.74, 6) is 2.39. The Bertz CT molecular complexity index is 262. The highest BCUT2D eigenvalue weighted by Gasteiger charge is 2.33. The molecule has 1 rings (SSSR count). The number of imide groups is 1. The van der Waals surface area contributed by atoms with Crippen LogP contribution in [-0.4, -0.2) is 22.8 Å². The highest BCUT2D eigenvalue weighted by atomic mass is 16.2. The normalized spacial score (nSPS) is 18.4. The van der Waals surface area contributed by atoms with Gasteiger partial charge in [-0.05, 0) is 6.42 Å². The van der Waals surface area contributed by atoms with Crippen LogP contribution >= 0.6 is 0 Å². The Labute approximate surface area is 84.5 Å². The SMILES string of the molecule is C#CC[C@@H](CCC)N1C(=O)CCC1=O. The monoisotopic (exact) mass is 193 g/mol. The fourth-order valence-corrected chi connectivity index (χ4v) is 1.79. The fourth-order valence-electron chi connectivity index (χ4n) is 1.79. The number of amides is 2. The predicted molar refractivity (Wildman–Crippen MR) is 53.2 cm³/mol. The third-order valence-electron chi connectivity index (χ3n) is 2.43. The molecule has 1 aliphatic heterocycles. The van der Waals surface area contributed by atoms with Gasteiger partial charge in [0.05, 0.1) is 6.04 Å². The first-order chi connectivity index (χ1) is 6.70. The summed E-state index contributed by atoms with van der Waals surface area (Å²) in [6, 6.07) is -0.0764. The van der Waals surface area contributed by atoms with Crippen LogP contribution < -0.4 is 0 Å². The summed E-state index contributed by atoms with van der Waals surface area (Å²) in [5, 5.41) is 0. The maximum atomic E-state index is 11.4. The van der Waals surface area contributed by atoms with Crippen molar-refractivity contribution in [1.82, 2.24) is 4.90 Å². The van der Waals surface area contributed by atoms with Gasteiger partial charge in [-0.25, -0.2) is 0 Å². The molecule has 0 N–H and O–H groups in total. The summed E-state index contributed by atoms with van der Waals surface area (Å²) >= 11 is 0. The number of likely N-dealkylation sites (tertiary alicyclic amines) is 1. The zero-order chi connectivity index (χ0) is 10.6. The molecule has 0 bridgehead atoms. The molecule has 14 heavy (non-hydrogen) atoms. The van der Waals surface area contributed by atoms with Gasteiger partial charge in [0.25, 0.3) is 0 Å². The molecule has 2 amide bonds. The van der Waals surface area contributed by atoms with E-state index < -0.39 is 0 Å². The van der Waals surface area contributed by atoms with E-state index in [-0.39, 0.29) is 17.9 Å². The molecule has 0 aromatic heterocycles. The van der Waals surface area contributed by atoms with Crippen LogP contribution in [0.5, 0.6) is 0 Å². The van der Waals surface area contributed by atoms with Crippen LogP contribution in [0.1, 0.15) is 39.0 Å². The third-order valence-corrected chi connectivity index (χ3v) is 2.43. The van der Waals surface area contributed by atoms with Crippen LogP contribution in [0.25, 0.3) is 0 Å². The molecule has 3 nitrogen and oxygen atoms in total. The van der Waals surface area contributed by atoms with Gasteiger partial charge in [-0.2, -0.15) is 0 Å². The quantitative estimate of drug-likeness (QED) is 0.499. The van der Waals surface area contributed by atoms with Gasteiger partial charge >= 0.3 is 0 Å². The van der Waals surface area contributed by atoms with E-state index >= 15 is 0 Å². The van der Waals surface area contributed by atoms with E-state index in [1.165, 1.54) is 4.90 Å². The lowest BCUT2D eigenvalue weighted by molar-refractivity contribution is -0.141. The predicted octanol–water partition coefficient (Wildman–Crippen LogP) is 1.33. The number of nitrogens with zero attached hydrogens (tertiary/aromatic N) is 1. The highest BCUT2D eigenvalue weighted by molar-refractivity contribution is 6.02. The van der Waals surface area contributed by atoms with Crippen LogP contribution in [0, 0.1) is 12.3 Å². The highest BCUT2D eigenvalue weighted by Crippen LogP contribution is 2.20. The molecule has 0 aromatic rings. The number of hydrogen-bond donors (Lipinski definition) is 0. The molecule has 1 saturated heterocycles. The molecule has 0 spiro atoms. The minimum Gasteiger partial charge on any atom is -0.279 e. The summed E-state index contributed by atoms with van der Waals surface area (Å²) in [4.78, 5) is 24.2. The topological polar surface area (TPSA) is 37.4 Å². The fraction of sp³-hybridized carbons (Fsp3) is 0.636. The van der Waals surface area contributed by atoms with Crippen LogP contribution in [0.15, 0.2) is 0 Å². The van der Waals surface area contributed by atoms with Crippen molar-refractivity contribution in [2.75, 3.05) is 0 Å². The second-order valence-corrected chi connectivity index (χ2v) is 3.51.